The van der Waals surface area contributed by atoms with Crippen molar-refractivity contribution in [3.63, 3.8) is 0 Å². The lowest BCUT2D eigenvalue weighted by Crippen LogP contribution is -2.43. The van der Waals surface area contributed by atoms with Crippen LogP contribution in [0.15, 0.2) is 0 Å². The molecule has 4 nitrogen and oxygen atoms in total. The summed E-state index contributed by atoms with van der Waals surface area (Å²) in [5, 5.41) is 4.89. The van der Waals surface area contributed by atoms with Gasteiger partial charge in [-0.15, -0.1) is 0 Å². The van der Waals surface area contributed by atoms with Crippen molar-refractivity contribution in [3.8, 4) is 0 Å². The van der Waals surface area contributed by atoms with Crippen molar-refractivity contribution in [2.75, 3.05) is 13.1 Å². The van der Waals surface area contributed by atoms with Gasteiger partial charge in [0.25, 0.3) is 0 Å². The molecule has 2 aliphatic rings. The molecule has 0 radical (unpaired) electrons. The molecule has 1 amide bonds. The van der Waals surface area contributed by atoms with Crippen LogP contribution in [-0.2, 0) is 9.63 Å². The first-order chi connectivity index (χ1) is 6.58. The molecule has 0 saturated carbocycles. The molecule has 2 aliphatic heterocycles. The first kappa shape index (κ1) is 9.93. The van der Waals surface area contributed by atoms with Crippen LogP contribution in [0.1, 0.15) is 33.1 Å². The van der Waals surface area contributed by atoms with E-state index in [1.165, 1.54) is 0 Å². The molecule has 80 valence electrons. The standard InChI is InChI=1S/C10H18N2O2/c1-10(2)7-9(13)12(14-10)8-3-5-11-6-4-8/h8,11H,3-7H2,1-2H3. The molecule has 0 atom stereocenters. The van der Waals surface area contributed by atoms with Gasteiger partial charge >= 0.3 is 0 Å². The van der Waals surface area contributed by atoms with E-state index in [1.807, 2.05) is 13.8 Å². The zero-order valence-corrected chi connectivity index (χ0v) is 8.88. The van der Waals surface area contributed by atoms with Gasteiger partial charge < -0.3 is 5.32 Å². The van der Waals surface area contributed by atoms with Crippen LogP contribution in [0.2, 0.25) is 0 Å². The second-order valence-corrected chi connectivity index (χ2v) is 4.73. The third-order valence-electron chi connectivity index (χ3n) is 2.81. The predicted molar refractivity (Wildman–Crippen MR) is 52.5 cm³/mol. The van der Waals surface area contributed by atoms with E-state index in [-0.39, 0.29) is 17.6 Å². The summed E-state index contributed by atoms with van der Waals surface area (Å²) in [4.78, 5) is 17.3. The predicted octanol–water partition coefficient (Wildman–Crippen LogP) is 0.681. The van der Waals surface area contributed by atoms with Gasteiger partial charge in [0.2, 0.25) is 5.91 Å². The van der Waals surface area contributed by atoms with E-state index >= 15 is 0 Å². The fraction of sp³-hybridized carbons (Fsp3) is 0.900. The summed E-state index contributed by atoms with van der Waals surface area (Å²) >= 11 is 0. The number of carbonyl (C=O) groups is 1. The van der Waals surface area contributed by atoms with Gasteiger partial charge in [-0.25, -0.2) is 5.06 Å². The maximum Gasteiger partial charge on any atom is 0.249 e. The summed E-state index contributed by atoms with van der Waals surface area (Å²) in [6.07, 6.45) is 2.51. The Morgan fingerprint density at radius 3 is 2.57 bits per heavy atom. The Bertz CT molecular complexity index is 234. The fourth-order valence-electron chi connectivity index (χ4n) is 2.11. The van der Waals surface area contributed by atoms with Crippen LogP contribution >= 0.6 is 0 Å². The molecule has 2 fully saturated rings. The van der Waals surface area contributed by atoms with E-state index in [0.29, 0.717) is 6.42 Å². The minimum atomic E-state index is -0.304. The van der Waals surface area contributed by atoms with Crippen molar-refractivity contribution in [2.45, 2.75) is 44.8 Å². The van der Waals surface area contributed by atoms with E-state index in [4.69, 9.17) is 4.84 Å². The Kier molecular flexibility index (Phi) is 2.49. The first-order valence-corrected chi connectivity index (χ1v) is 5.30. The van der Waals surface area contributed by atoms with Crippen molar-refractivity contribution in [1.82, 2.24) is 10.4 Å². The lowest BCUT2D eigenvalue weighted by Gasteiger charge is -2.31. The smallest absolute Gasteiger partial charge is 0.249 e. The topological polar surface area (TPSA) is 41.6 Å². The summed E-state index contributed by atoms with van der Waals surface area (Å²) < 4.78 is 0. The molecule has 14 heavy (non-hydrogen) atoms. The van der Waals surface area contributed by atoms with Gasteiger partial charge in [-0.1, -0.05) is 0 Å². The molecule has 0 unspecified atom stereocenters. The van der Waals surface area contributed by atoms with Gasteiger partial charge in [0.1, 0.15) is 0 Å². The van der Waals surface area contributed by atoms with Crippen LogP contribution < -0.4 is 5.32 Å². The molecule has 0 aromatic rings. The number of nitrogens with one attached hydrogen (secondary N) is 1. The van der Waals surface area contributed by atoms with E-state index in [9.17, 15) is 4.79 Å². The van der Waals surface area contributed by atoms with Crippen molar-refractivity contribution in [3.05, 3.63) is 0 Å². The number of rotatable bonds is 1. The highest BCUT2D eigenvalue weighted by molar-refractivity contribution is 5.78. The summed E-state index contributed by atoms with van der Waals surface area (Å²) in [6.45, 7) is 5.90. The van der Waals surface area contributed by atoms with Crippen LogP contribution in [0.3, 0.4) is 0 Å². The maximum absolute atomic E-state index is 11.7. The molecular weight excluding hydrogens is 180 g/mol. The highest BCUT2D eigenvalue weighted by Crippen LogP contribution is 2.29. The number of carbonyl (C=O) groups excluding carboxylic acids is 1. The van der Waals surface area contributed by atoms with Crippen LogP contribution in [0.4, 0.5) is 0 Å². The van der Waals surface area contributed by atoms with Crippen molar-refractivity contribution >= 4 is 5.91 Å². The van der Waals surface area contributed by atoms with Crippen molar-refractivity contribution in [1.29, 1.82) is 0 Å². The first-order valence-electron chi connectivity index (χ1n) is 5.30. The molecule has 0 aromatic carbocycles. The van der Waals surface area contributed by atoms with Crippen LogP contribution in [0, 0.1) is 0 Å². The second kappa shape index (κ2) is 3.51. The highest BCUT2D eigenvalue weighted by atomic mass is 16.7. The molecule has 4 heteroatoms. The zero-order chi connectivity index (χ0) is 10.2. The second-order valence-electron chi connectivity index (χ2n) is 4.73. The number of hydrogen-bond acceptors (Lipinski definition) is 3. The largest absolute Gasteiger partial charge is 0.317 e. The van der Waals surface area contributed by atoms with Crippen LogP contribution in [-0.4, -0.2) is 35.7 Å². The monoisotopic (exact) mass is 198 g/mol. The van der Waals surface area contributed by atoms with Crippen LogP contribution in [0.5, 0.6) is 0 Å². The van der Waals surface area contributed by atoms with E-state index in [0.717, 1.165) is 25.9 Å². The fourth-order valence-corrected chi connectivity index (χ4v) is 2.11. The summed E-state index contributed by atoms with van der Waals surface area (Å²) in [5.74, 6) is 0.141. The van der Waals surface area contributed by atoms with Crippen molar-refractivity contribution < 1.29 is 9.63 Å². The number of amides is 1. The van der Waals surface area contributed by atoms with E-state index in [2.05, 4.69) is 5.32 Å². The van der Waals surface area contributed by atoms with Gasteiger partial charge in [-0.05, 0) is 39.8 Å². The minimum absolute atomic E-state index is 0.141. The van der Waals surface area contributed by atoms with Gasteiger partial charge in [0, 0.05) is 0 Å². The maximum atomic E-state index is 11.7. The number of nitrogens with zero attached hydrogens (tertiary/aromatic N) is 1. The molecule has 0 aromatic heterocycles. The average molecular weight is 198 g/mol. The molecule has 2 heterocycles. The molecule has 0 aliphatic carbocycles. The van der Waals surface area contributed by atoms with Gasteiger partial charge in [-0.3, -0.25) is 9.63 Å². The van der Waals surface area contributed by atoms with Crippen LogP contribution in [0.25, 0.3) is 0 Å². The third kappa shape index (κ3) is 1.91. The minimum Gasteiger partial charge on any atom is -0.317 e. The molecule has 1 N–H and O–H groups in total. The lowest BCUT2D eigenvalue weighted by atomic mass is 10.0. The number of hydrogen-bond donors (Lipinski definition) is 1. The number of piperidine rings is 1. The Morgan fingerprint density at radius 2 is 2.07 bits per heavy atom. The summed E-state index contributed by atoms with van der Waals surface area (Å²) in [7, 11) is 0. The van der Waals surface area contributed by atoms with E-state index < -0.39 is 0 Å². The molecule has 2 saturated heterocycles. The highest BCUT2D eigenvalue weighted by Gasteiger charge is 2.41. The van der Waals surface area contributed by atoms with Gasteiger partial charge in [-0.2, -0.15) is 0 Å². The SMILES string of the molecule is CC1(C)CC(=O)N(C2CCNCC2)O1. The Hall–Kier alpha value is -0.610. The summed E-state index contributed by atoms with van der Waals surface area (Å²) in [5.41, 5.74) is -0.304. The van der Waals surface area contributed by atoms with Gasteiger partial charge in [0.05, 0.1) is 18.1 Å². The lowest BCUT2D eigenvalue weighted by molar-refractivity contribution is -0.210. The molecular formula is C10H18N2O2. The Morgan fingerprint density at radius 1 is 1.43 bits per heavy atom. The Labute approximate surface area is 84.6 Å². The molecule has 2 rings (SSSR count). The molecule has 0 bridgehead atoms. The average Bonchev–Trinajstić information content (AvgIpc) is 2.41. The Balaban J connectivity index is 2.00. The third-order valence-corrected chi connectivity index (χ3v) is 2.81. The molecule has 0 spiro atoms. The number of hydroxylamine groups is 2. The van der Waals surface area contributed by atoms with Gasteiger partial charge in [0.15, 0.2) is 0 Å². The summed E-state index contributed by atoms with van der Waals surface area (Å²) in [6, 6.07) is 0.283. The quantitative estimate of drug-likeness (QED) is 0.673. The normalized spacial score (nSPS) is 28.4. The van der Waals surface area contributed by atoms with Crippen molar-refractivity contribution in [2.24, 2.45) is 0 Å². The van der Waals surface area contributed by atoms with E-state index in [1.54, 1.807) is 5.06 Å². The zero-order valence-electron chi connectivity index (χ0n) is 8.88.